The number of methoxy groups -OCH3 is 1. The van der Waals surface area contributed by atoms with E-state index in [0.29, 0.717) is 36.8 Å². The zero-order chi connectivity index (χ0) is 42.4. The van der Waals surface area contributed by atoms with Crippen LogP contribution in [0.4, 0.5) is 28.8 Å². The minimum Gasteiger partial charge on any atom is -0.495 e. The summed E-state index contributed by atoms with van der Waals surface area (Å²) in [6, 6.07) is 15.9. The monoisotopic (exact) mass is 877 g/mol. The number of likely N-dealkylation sites (N-methyl/N-ethyl adjacent to an activating group) is 2. The van der Waals surface area contributed by atoms with Crippen molar-refractivity contribution in [2.75, 3.05) is 78.7 Å². The molecule has 58 heavy (non-hydrogen) atoms. The molecule has 0 aliphatic carbocycles. The Morgan fingerprint density at radius 1 is 0.948 bits per heavy atom. The van der Waals surface area contributed by atoms with Crippen molar-refractivity contribution in [1.29, 1.82) is 0 Å². The van der Waals surface area contributed by atoms with Crippen molar-refractivity contribution in [3.05, 3.63) is 93.1 Å². The molecule has 21 heteroatoms. The lowest BCUT2D eigenvalue weighted by Gasteiger charge is -2.21. The third kappa shape index (κ3) is 10.9. The number of rotatable bonds is 12. The number of amides is 1. The van der Waals surface area contributed by atoms with Crippen LogP contribution in [0, 0.1) is 10.1 Å². The van der Waals surface area contributed by atoms with Crippen LogP contribution in [-0.4, -0.2) is 131 Å². The quantitative estimate of drug-likeness (QED) is 0.110. The van der Waals surface area contributed by atoms with Gasteiger partial charge in [0, 0.05) is 63.1 Å². The van der Waals surface area contributed by atoms with Crippen LogP contribution in [0.3, 0.4) is 0 Å². The van der Waals surface area contributed by atoms with Crippen molar-refractivity contribution in [3.63, 3.8) is 0 Å². The van der Waals surface area contributed by atoms with E-state index in [2.05, 4.69) is 30.4 Å². The second kappa shape index (κ2) is 19.0. The molecule has 1 aromatic heterocycles. The van der Waals surface area contributed by atoms with Crippen LogP contribution < -0.4 is 15.4 Å². The number of ether oxygens (including phenoxy) is 1. The standard InChI is InChI=1S/C31H41ClN8O4S.C6H4ClNO4S/c1-37(2)23-12-15-40(19-23)45(42,43)28-9-7-6-8-25(28)34-30-24(32)18-33-31(36-30)35-26-16-21-10-13-39(20-29(41)38(3)4)14-11-22(21)17-27(26)44-5;7-13(11,12)6-4-2-1-3-5(6)8(9)10/h6-9,16-18,23H,10-15,19-20H2,1-5H3,(H2,33,34,35,36);1-4H/t23-;/m1./s1. The molecule has 1 fully saturated rings. The number of carbonyl (C=O) groups is 1. The number of hydrogen-bond acceptors (Lipinski definition) is 14. The Balaban J connectivity index is 0.000000419. The van der Waals surface area contributed by atoms with Gasteiger partial charge in [-0.1, -0.05) is 35.9 Å². The van der Waals surface area contributed by atoms with Crippen LogP contribution in [-0.2, 0) is 36.7 Å². The van der Waals surface area contributed by atoms with E-state index >= 15 is 0 Å². The van der Waals surface area contributed by atoms with Gasteiger partial charge in [0.2, 0.25) is 21.9 Å². The van der Waals surface area contributed by atoms with Crippen LogP contribution in [0.2, 0.25) is 5.02 Å². The molecule has 6 rings (SSSR count). The summed E-state index contributed by atoms with van der Waals surface area (Å²) in [6.07, 6.45) is 3.82. The molecule has 0 spiro atoms. The van der Waals surface area contributed by atoms with Gasteiger partial charge in [-0.15, -0.1) is 0 Å². The Kier molecular flexibility index (Phi) is 14.5. The smallest absolute Gasteiger partial charge is 0.289 e. The van der Waals surface area contributed by atoms with Crippen molar-refractivity contribution in [2.24, 2.45) is 0 Å². The molecule has 0 unspecified atom stereocenters. The van der Waals surface area contributed by atoms with Crippen LogP contribution in [0.1, 0.15) is 17.5 Å². The van der Waals surface area contributed by atoms with E-state index in [4.69, 9.17) is 27.0 Å². The van der Waals surface area contributed by atoms with Crippen molar-refractivity contribution in [1.82, 2.24) is 29.0 Å². The highest BCUT2D eigenvalue weighted by Crippen LogP contribution is 2.35. The summed E-state index contributed by atoms with van der Waals surface area (Å²) in [5.41, 5.74) is 2.87. The number of nitro benzene ring substituents is 1. The van der Waals surface area contributed by atoms with Crippen LogP contribution in [0.15, 0.2) is 76.7 Å². The fourth-order valence-corrected chi connectivity index (χ4v) is 9.22. The third-order valence-electron chi connectivity index (χ3n) is 9.70. The molecule has 4 aromatic rings. The largest absolute Gasteiger partial charge is 0.495 e. The number of benzene rings is 3. The number of halogens is 2. The first-order chi connectivity index (χ1) is 27.4. The number of hydrogen-bond donors (Lipinski definition) is 2. The average molecular weight is 879 g/mol. The van der Waals surface area contributed by atoms with E-state index in [-0.39, 0.29) is 33.6 Å². The summed E-state index contributed by atoms with van der Waals surface area (Å²) in [7, 11) is 6.24. The number of anilines is 4. The highest BCUT2D eigenvalue weighted by atomic mass is 35.7. The number of nitrogens with one attached hydrogen (secondary N) is 2. The number of sulfonamides is 1. The molecule has 2 aliphatic rings. The van der Waals surface area contributed by atoms with Gasteiger partial charge in [0.25, 0.3) is 14.7 Å². The molecule has 1 saturated heterocycles. The lowest BCUT2D eigenvalue weighted by molar-refractivity contribution is -0.387. The molecular formula is C37H45Cl2N9O8S2. The number of carbonyl (C=O) groups excluding carboxylic acids is 1. The number of fused-ring (bicyclic) bond motifs is 1. The van der Waals surface area contributed by atoms with E-state index in [1.165, 1.54) is 28.2 Å². The third-order valence-corrected chi connectivity index (χ3v) is 13.3. The Hall–Kier alpha value is -4.63. The molecular weight excluding hydrogens is 834 g/mol. The maximum absolute atomic E-state index is 13.7. The van der Waals surface area contributed by atoms with Crippen LogP contribution >= 0.6 is 22.3 Å². The fourth-order valence-electron chi connectivity index (χ4n) is 6.42. The molecule has 3 heterocycles. The molecule has 3 aromatic carbocycles. The Morgan fingerprint density at radius 3 is 2.17 bits per heavy atom. The van der Waals surface area contributed by atoms with E-state index in [1.807, 2.05) is 26.2 Å². The van der Waals surface area contributed by atoms with Crippen molar-refractivity contribution >= 4 is 76.1 Å². The molecule has 2 N–H and O–H groups in total. The average Bonchev–Trinajstić information content (AvgIpc) is 3.62. The first-order valence-electron chi connectivity index (χ1n) is 18.0. The van der Waals surface area contributed by atoms with Gasteiger partial charge < -0.3 is 25.2 Å². The molecule has 1 atom stereocenters. The maximum Gasteiger partial charge on any atom is 0.289 e. The number of nitro groups is 1. The summed E-state index contributed by atoms with van der Waals surface area (Å²) in [6.45, 7) is 2.82. The van der Waals surface area contributed by atoms with Gasteiger partial charge in [-0.05, 0) is 74.8 Å². The zero-order valence-electron chi connectivity index (χ0n) is 32.6. The first-order valence-corrected chi connectivity index (χ1v) is 22.1. The molecule has 0 bridgehead atoms. The van der Waals surface area contributed by atoms with Crippen LogP contribution in [0.5, 0.6) is 5.75 Å². The van der Waals surface area contributed by atoms with Crippen molar-refractivity contribution in [2.45, 2.75) is 35.1 Å². The Morgan fingerprint density at radius 2 is 1.59 bits per heavy atom. The highest BCUT2D eigenvalue weighted by Gasteiger charge is 2.35. The van der Waals surface area contributed by atoms with Gasteiger partial charge in [0.05, 0.1) is 36.1 Å². The van der Waals surface area contributed by atoms with Crippen molar-refractivity contribution < 1.29 is 31.3 Å². The Bertz CT molecular complexity index is 2370. The normalized spacial score (nSPS) is 16.1. The van der Waals surface area contributed by atoms with Gasteiger partial charge in [0.1, 0.15) is 15.7 Å². The lowest BCUT2D eigenvalue weighted by Crippen LogP contribution is -2.37. The van der Waals surface area contributed by atoms with Gasteiger partial charge in [-0.3, -0.25) is 19.8 Å². The molecule has 1 amide bonds. The number of nitrogens with zero attached hydrogens (tertiary/aromatic N) is 7. The topological polar surface area (TPSA) is 201 Å². The Labute approximate surface area is 347 Å². The van der Waals surface area contributed by atoms with Gasteiger partial charge in [0.15, 0.2) is 10.7 Å². The molecule has 312 valence electrons. The summed E-state index contributed by atoms with van der Waals surface area (Å²) >= 11 is 6.50. The van der Waals surface area contributed by atoms with E-state index in [1.54, 1.807) is 50.4 Å². The SMILES string of the molecule is COc1cc2c(cc1Nc1ncc(Cl)c(Nc3ccccc3S(=O)(=O)N3CC[C@@H](N(C)C)C3)n1)CCN(CC(=O)N(C)C)CC2.O=[N+]([O-])c1ccccc1S(=O)(=O)Cl. The van der Waals surface area contributed by atoms with Crippen LogP contribution in [0.25, 0.3) is 0 Å². The minimum atomic E-state index is -4.05. The molecule has 0 radical (unpaired) electrons. The second-order valence-electron chi connectivity index (χ2n) is 14.0. The fraction of sp³-hybridized carbons (Fsp3) is 0.378. The highest BCUT2D eigenvalue weighted by molar-refractivity contribution is 8.13. The predicted octanol–water partition coefficient (Wildman–Crippen LogP) is 4.96. The zero-order valence-corrected chi connectivity index (χ0v) is 35.7. The number of para-hydroxylation sites is 2. The second-order valence-corrected chi connectivity index (χ2v) is 18.8. The van der Waals surface area contributed by atoms with Gasteiger partial charge >= 0.3 is 0 Å². The minimum absolute atomic E-state index is 0.0828. The van der Waals surface area contributed by atoms with Crippen molar-refractivity contribution in [3.8, 4) is 5.75 Å². The first kappa shape index (κ1) is 44.5. The molecule has 0 saturated carbocycles. The maximum atomic E-state index is 13.7. The predicted molar refractivity (Wildman–Crippen MR) is 223 cm³/mol. The van der Waals surface area contributed by atoms with Gasteiger partial charge in [-0.2, -0.15) is 9.29 Å². The summed E-state index contributed by atoms with van der Waals surface area (Å²) in [5.74, 6) is 1.25. The summed E-state index contributed by atoms with van der Waals surface area (Å²) in [5, 5.41) is 17.0. The summed E-state index contributed by atoms with van der Waals surface area (Å²) < 4.78 is 56.2. The summed E-state index contributed by atoms with van der Waals surface area (Å²) in [4.78, 5) is 36.3. The van der Waals surface area contributed by atoms with E-state index in [0.717, 1.165) is 50.0 Å². The van der Waals surface area contributed by atoms with E-state index in [9.17, 15) is 31.7 Å². The molecule has 2 aliphatic heterocycles. The number of aromatic nitrogens is 2. The molecule has 17 nitrogen and oxygen atoms in total. The van der Waals surface area contributed by atoms with Gasteiger partial charge in [-0.25, -0.2) is 21.8 Å². The van der Waals surface area contributed by atoms with E-state index < -0.39 is 34.6 Å². The lowest BCUT2D eigenvalue weighted by atomic mass is 10.0.